The maximum atomic E-state index is 5.96. The minimum Gasteiger partial charge on any atom is -0.495 e. The maximum absolute atomic E-state index is 5.96. The Morgan fingerprint density at radius 1 is 1.40 bits per heavy atom. The van der Waals surface area contributed by atoms with Gasteiger partial charge in [0.25, 0.3) is 0 Å². The van der Waals surface area contributed by atoms with E-state index in [2.05, 4.69) is 20.8 Å². The molecule has 0 atom stereocenters. The van der Waals surface area contributed by atoms with Crippen molar-refractivity contribution in [2.45, 2.75) is 25.4 Å². The van der Waals surface area contributed by atoms with Gasteiger partial charge in [-0.25, -0.2) is 0 Å². The number of nitrogens with one attached hydrogen (secondary N) is 2. The number of rotatable bonds is 6. The van der Waals surface area contributed by atoms with Crippen molar-refractivity contribution in [3.8, 4) is 5.75 Å². The molecule has 1 aliphatic rings. The number of aromatic nitrogens is 2. The third kappa shape index (κ3) is 3.20. The molecule has 3 rings (SSSR count). The van der Waals surface area contributed by atoms with Crippen molar-refractivity contribution in [2.75, 3.05) is 12.4 Å². The van der Waals surface area contributed by atoms with Gasteiger partial charge in [-0.15, -0.1) is 5.10 Å². The first-order valence-corrected chi connectivity index (χ1v) is 6.79. The molecule has 0 unspecified atom stereocenters. The summed E-state index contributed by atoms with van der Waals surface area (Å²) in [7, 11) is 1.59. The summed E-state index contributed by atoms with van der Waals surface area (Å²) in [5, 5.41) is 14.8. The maximum Gasteiger partial charge on any atom is 0.320 e. The molecule has 1 saturated carbocycles. The Bertz CT molecular complexity index is 598. The standard InChI is InChI=1S/C13H15ClN4O2/c1-19-11-5-2-8(14)6-10(11)16-13-18-17-12(20-13)7-15-9-3-4-9/h2,5-6,9,15H,3-4,7H2,1H3,(H,16,18). The molecular formula is C13H15ClN4O2. The summed E-state index contributed by atoms with van der Waals surface area (Å²) in [5.41, 5.74) is 0.686. The summed E-state index contributed by atoms with van der Waals surface area (Å²) >= 11 is 5.96. The molecular weight excluding hydrogens is 280 g/mol. The van der Waals surface area contributed by atoms with Gasteiger partial charge >= 0.3 is 6.01 Å². The molecule has 20 heavy (non-hydrogen) atoms. The first kappa shape index (κ1) is 13.2. The van der Waals surface area contributed by atoms with E-state index in [1.165, 1.54) is 12.8 Å². The van der Waals surface area contributed by atoms with Gasteiger partial charge in [0, 0.05) is 11.1 Å². The van der Waals surface area contributed by atoms with Gasteiger partial charge in [-0.1, -0.05) is 16.7 Å². The van der Waals surface area contributed by atoms with Gasteiger partial charge in [0.05, 0.1) is 19.3 Å². The molecule has 0 aliphatic heterocycles. The van der Waals surface area contributed by atoms with Gasteiger partial charge in [-0.05, 0) is 31.0 Å². The Morgan fingerprint density at radius 3 is 3.00 bits per heavy atom. The highest BCUT2D eigenvalue weighted by Gasteiger charge is 2.21. The quantitative estimate of drug-likeness (QED) is 0.853. The number of benzene rings is 1. The highest BCUT2D eigenvalue weighted by Crippen LogP contribution is 2.30. The zero-order chi connectivity index (χ0) is 13.9. The Kier molecular flexibility index (Phi) is 3.75. The highest BCUT2D eigenvalue weighted by atomic mass is 35.5. The van der Waals surface area contributed by atoms with E-state index in [-0.39, 0.29) is 0 Å². The SMILES string of the molecule is COc1ccc(Cl)cc1Nc1nnc(CNC2CC2)o1. The topological polar surface area (TPSA) is 72.2 Å². The lowest BCUT2D eigenvalue weighted by molar-refractivity contribution is 0.416. The van der Waals surface area contributed by atoms with Crippen LogP contribution in [-0.4, -0.2) is 23.3 Å². The molecule has 0 spiro atoms. The Hall–Kier alpha value is -1.79. The molecule has 1 aromatic carbocycles. The second-order valence-corrected chi connectivity index (χ2v) is 5.06. The van der Waals surface area contributed by atoms with Crippen molar-refractivity contribution < 1.29 is 9.15 Å². The minimum absolute atomic E-state index is 0.318. The molecule has 1 aliphatic carbocycles. The van der Waals surface area contributed by atoms with Crippen molar-refractivity contribution in [3.63, 3.8) is 0 Å². The van der Waals surface area contributed by atoms with Crippen LogP contribution in [0, 0.1) is 0 Å². The van der Waals surface area contributed by atoms with Gasteiger partial charge in [0.2, 0.25) is 5.89 Å². The molecule has 106 valence electrons. The first-order valence-electron chi connectivity index (χ1n) is 6.41. The largest absolute Gasteiger partial charge is 0.495 e. The monoisotopic (exact) mass is 294 g/mol. The Morgan fingerprint density at radius 2 is 2.25 bits per heavy atom. The van der Waals surface area contributed by atoms with E-state index >= 15 is 0 Å². The Balaban J connectivity index is 1.68. The van der Waals surface area contributed by atoms with Crippen LogP contribution in [-0.2, 0) is 6.54 Å². The fourth-order valence-corrected chi connectivity index (χ4v) is 1.96. The summed E-state index contributed by atoms with van der Waals surface area (Å²) in [6, 6.07) is 6.19. The zero-order valence-electron chi connectivity index (χ0n) is 11.0. The molecule has 2 aromatic rings. The van der Waals surface area contributed by atoms with Gasteiger partial charge in [-0.3, -0.25) is 0 Å². The summed E-state index contributed by atoms with van der Waals surface area (Å²) in [6.45, 7) is 0.589. The fraction of sp³-hybridized carbons (Fsp3) is 0.385. The van der Waals surface area contributed by atoms with E-state index in [0.29, 0.717) is 41.0 Å². The summed E-state index contributed by atoms with van der Waals surface area (Å²) in [5.74, 6) is 1.21. The van der Waals surface area contributed by atoms with Crippen LogP contribution in [0.25, 0.3) is 0 Å². The van der Waals surface area contributed by atoms with Crippen molar-refractivity contribution in [2.24, 2.45) is 0 Å². The van der Waals surface area contributed by atoms with E-state index in [0.717, 1.165) is 0 Å². The lowest BCUT2D eigenvalue weighted by atomic mass is 10.3. The lowest BCUT2D eigenvalue weighted by Crippen LogP contribution is -2.15. The number of ether oxygens (including phenoxy) is 1. The molecule has 1 fully saturated rings. The number of halogens is 1. The van der Waals surface area contributed by atoms with Crippen LogP contribution in [0.1, 0.15) is 18.7 Å². The van der Waals surface area contributed by atoms with Crippen molar-refractivity contribution in [1.29, 1.82) is 0 Å². The van der Waals surface area contributed by atoms with Gasteiger partial charge in [-0.2, -0.15) is 0 Å². The summed E-state index contributed by atoms with van der Waals surface area (Å²) < 4.78 is 10.8. The molecule has 1 heterocycles. The number of hydrogen-bond acceptors (Lipinski definition) is 6. The van der Waals surface area contributed by atoms with Crippen molar-refractivity contribution >= 4 is 23.3 Å². The van der Waals surface area contributed by atoms with Crippen LogP contribution in [0.4, 0.5) is 11.7 Å². The van der Waals surface area contributed by atoms with E-state index in [1.807, 2.05) is 0 Å². The minimum atomic E-state index is 0.318. The van der Waals surface area contributed by atoms with Gasteiger partial charge in [0.1, 0.15) is 5.75 Å². The normalized spacial score (nSPS) is 14.3. The van der Waals surface area contributed by atoms with E-state index in [9.17, 15) is 0 Å². The fourth-order valence-electron chi connectivity index (χ4n) is 1.79. The summed E-state index contributed by atoms with van der Waals surface area (Å²) in [6.07, 6.45) is 2.44. The third-order valence-electron chi connectivity index (χ3n) is 2.99. The van der Waals surface area contributed by atoms with E-state index < -0.39 is 0 Å². The number of nitrogens with zero attached hydrogens (tertiary/aromatic N) is 2. The third-order valence-corrected chi connectivity index (χ3v) is 3.22. The molecule has 1 aromatic heterocycles. The van der Waals surface area contributed by atoms with Crippen LogP contribution in [0.5, 0.6) is 5.75 Å². The second kappa shape index (κ2) is 5.68. The average molecular weight is 295 g/mol. The number of hydrogen-bond donors (Lipinski definition) is 2. The number of anilines is 2. The molecule has 2 N–H and O–H groups in total. The average Bonchev–Trinajstić information content (AvgIpc) is 3.17. The lowest BCUT2D eigenvalue weighted by Gasteiger charge is -2.08. The molecule has 0 bridgehead atoms. The van der Waals surface area contributed by atoms with Gasteiger partial charge < -0.3 is 19.8 Å². The predicted molar refractivity (Wildman–Crippen MR) is 75.4 cm³/mol. The van der Waals surface area contributed by atoms with E-state index in [1.54, 1.807) is 25.3 Å². The first-order chi connectivity index (χ1) is 9.74. The van der Waals surface area contributed by atoms with Crippen LogP contribution >= 0.6 is 11.6 Å². The van der Waals surface area contributed by atoms with Crippen LogP contribution in [0.15, 0.2) is 22.6 Å². The second-order valence-electron chi connectivity index (χ2n) is 4.63. The van der Waals surface area contributed by atoms with Gasteiger partial charge in [0.15, 0.2) is 0 Å². The van der Waals surface area contributed by atoms with Crippen molar-refractivity contribution in [3.05, 3.63) is 29.1 Å². The smallest absolute Gasteiger partial charge is 0.320 e. The molecule has 6 nitrogen and oxygen atoms in total. The highest BCUT2D eigenvalue weighted by molar-refractivity contribution is 6.30. The van der Waals surface area contributed by atoms with Crippen LogP contribution < -0.4 is 15.4 Å². The summed E-state index contributed by atoms with van der Waals surface area (Å²) in [4.78, 5) is 0. The van der Waals surface area contributed by atoms with Crippen molar-refractivity contribution in [1.82, 2.24) is 15.5 Å². The predicted octanol–water partition coefficient (Wildman–Crippen LogP) is 2.73. The molecule has 0 radical (unpaired) electrons. The Labute approximate surface area is 121 Å². The number of methoxy groups -OCH3 is 1. The molecule has 0 amide bonds. The van der Waals surface area contributed by atoms with Crippen LogP contribution in [0.2, 0.25) is 5.02 Å². The van der Waals surface area contributed by atoms with E-state index in [4.69, 9.17) is 20.8 Å². The zero-order valence-corrected chi connectivity index (χ0v) is 11.8. The molecule has 0 saturated heterocycles. The van der Waals surface area contributed by atoms with Crippen LogP contribution in [0.3, 0.4) is 0 Å². The molecule has 7 heteroatoms.